The molecule has 14 heavy (non-hydrogen) atoms. The summed E-state index contributed by atoms with van der Waals surface area (Å²) in [5.41, 5.74) is 0.0974. The summed E-state index contributed by atoms with van der Waals surface area (Å²) in [7, 11) is 3.37. The van der Waals surface area contributed by atoms with Crippen molar-refractivity contribution in [3.05, 3.63) is 24.8 Å². The van der Waals surface area contributed by atoms with Gasteiger partial charge in [0.2, 0.25) is 5.79 Å². The molecule has 0 N–H and O–H groups in total. The van der Waals surface area contributed by atoms with Gasteiger partial charge < -0.3 is 9.47 Å². The Morgan fingerprint density at radius 2 is 2.07 bits per heavy atom. The maximum Gasteiger partial charge on any atom is 0.205 e. The van der Waals surface area contributed by atoms with E-state index < -0.39 is 5.79 Å². The first kappa shape index (κ1) is 9.90. The number of hydrogen-bond donors (Lipinski definition) is 0. The Kier molecular flexibility index (Phi) is 2.07. The van der Waals surface area contributed by atoms with Crippen molar-refractivity contribution < 1.29 is 9.47 Å². The normalized spacial score (nSPS) is 42.2. The number of ether oxygens (including phenoxy) is 2. The molecule has 0 aromatic heterocycles. The quantitative estimate of drug-likeness (QED) is 0.382. The van der Waals surface area contributed by atoms with Crippen molar-refractivity contribution in [2.45, 2.75) is 24.3 Å². The summed E-state index contributed by atoms with van der Waals surface area (Å²) < 4.78 is 10.9. The zero-order valence-corrected chi connectivity index (χ0v) is 8.99. The molecule has 1 aliphatic carbocycles. The number of fused-ring (bicyclic) bond motifs is 1. The van der Waals surface area contributed by atoms with E-state index in [4.69, 9.17) is 9.47 Å². The molecule has 78 valence electrons. The highest BCUT2D eigenvalue weighted by Crippen LogP contribution is 2.54. The minimum Gasteiger partial charge on any atom is -0.348 e. The lowest BCUT2D eigenvalue weighted by molar-refractivity contribution is -0.173. The third-order valence-corrected chi connectivity index (χ3v) is 3.41. The summed E-state index contributed by atoms with van der Waals surface area (Å²) in [6.45, 7) is 6.82. The SMILES string of the molecule is C=CCN1C2C(OC)(OC)C=CC21C. The van der Waals surface area contributed by atoms with E-state index in [1.54, 1.807) is 14.2 Å². The van der Waals surface area contributed by atoms with E-state index in [1.807, 2.05) is 12.2 Å². The van der Waals surface area contributed by atoms with Crippen LogP contribution in [0.5, 0.6) is 0 Å². The number of rotatable bonds is 4. The summed E-state index contributed by atoms with van der Waals surface area (Å²) in [4.78, 5) is 2.31. The van der Waals surface area contributed by atoms with Gasteiger partial charge in [0, 0.05) is 20.8 Å². The molecule has 0 aromatic carbocycles. The molecule has 1 fully saturated rings. The molecular weight excluding hydrogens is 178 g/mol. The second-order valence-corrected chi connectivity index (χ2v) is 4.03. The van der Waals surface area contributed by atoms with Gasteiger partial charge in [-0.25, -0.2) is 0 Å². The van der Waals surface area contributed by atoms with Crippen molar-refractivity contribution in [3.63, 3.8) is 0 Å². The fraction of sp³-hybridized carbons (Fsp3) is 0.636. The molecule has 1 aliphatic heterocycles. The van der Waals surface area contributed by atoms with Crippen molar-refractivity contribution in [3.8, 4) is 0 Å². The van der Waals surface area contributed by atoms with Crippen molar-refractivity contribution in [1.82, 2.24) is 4.90 Å². The molecule has 3 atom stereocenters. The van der Waals surface area contributed by atoms with E-state index >= 15 is 0 Å². The van der Waals surface area contributed by atoms with E-state index in [2.05, 4.69) is 24.5 Å². The topological polar surface area (TPSA) is 21.5 Å². The highest BCUT2D eigenvalue weighted by molar-refractivity contribution is 5.39. The van der Waals surface area contributed by atoms with Gasteiger partial charge in [-0.05, 0) is 13.0 Å². The molecule has 2 rings (SSSR count). The van der Waals surface area contributed by atoms with Crippen LogP contribution in [0, 0.1) is 0 Å². The third-order valence-electron chi connectivity index (χ3n) is 3.41. The zero-order valence-electron chi connectivity index (χ0n) is 8.99. The van der Waals surface area contributed by atoms with Crippen molar-refractivity contribution in [2.75, 3.05) is 20.8 Å². The van der Waals surface area contributed by atoms with E-state index in [9.17, 15) is 0 Å². The van der Waals surface area contributed by atoms with E-state index in [0.717, 1.165) is 6.54 Å². The van der Waals surface area contributed by atoms with Crippen molar-refractivity contribution >= 4 is 0 Å². The van der Waals surface area contributed by atoms with Crippen LogP contribution in [0.4, 0.5) is 0 Å². The molecule has 1 heterocycles. The maximum absolute atomic E-state index is 5.46. The molecule has 0 spiro atoms. The van der Waals surface area contributed by atoms with Crippen LogP contribution in [0.15, 0.2) is 24.8 Å². The Morgan fingerprint density at radius 1 is 1.43 bits per heavy atom. The van der Waals surface area contributed by atoms with E-state index in [1.165, 1.54) is 0 Å². The molecule has 0 bridgehead atoms. The number of hydrogen-bond acceptors (Lipinski definition) is 3. The summed E-state index contributed by atoms with van der Waals surface area (Å²) in [5.74, 6) is -0.558. The minimum absolute atomic E-state index is 0.0974. The predicted molar refractivity (Wildman–Crippen MR) is 55.0 cm³/mol. The van der Waals surface area contributed by atoms with Gasteiger partial charge in [-0.1, -0.05) is 12.2 Å². The van der Waals surface area contributed by atoms with Gasteiger partial charge >= 0.3 is 0 Å². The second-order valence-electron chi connectivity index (χ2n) is 4.03. The number of methoxy groups -OCH3 is 2. The Labute approximate surface area is 85.0 Å². The first-order valence-corrected chi connectivity index (χ1v) is 4.83. The number of nitrogens with zero attached hydrogens (tertiary/aromatic N) is 1. The van der Waals surface area contributed by atoms with Gasteiger partial charge in [0.15, 0.2) is 0 Å². The van der Waals surface area contributed by atoms with Crippen LogP contribution < -0.4 is 0 Å². The van der Waals surface area contributed by atoms with E-state index in [0.29, 0.717) is 6.04 Å². The van der Waals surface area contributed by atoms with Gasteiger partial charge in [-0.3, -0.25) is 4.90 Å². The monoisotopic (exact) mass is 195 g/mol. The summed E-state index contributed by atoms with van der Waals surface area (Å²) in [5, 5.41) is 0. The summed E-state index contributed by atoms with van der Waals surface area (Å²) >= 11 is 0. The van der Waals surface area contributed by atoms with Gasteiger partial charge in [-0.2, -0.15) is 0 Å². The van der Waals surface area contributed by atoms with Crippen LogP contribution >= 0.6 is 0 Å². The Bertz CT molecular complexity index is 283. The van der Waals surface area contributed by atoms with Crippen LogP contribution in [-0.4, -0.2) is 43.0 Å². The van der Waals surface area contributed by atoms with Crippen LogP contribution in [-0.2, 0) is 9.47 Å². The maximum atomic E-state index is 5.46. The van der Waals surface area contributed by atoms with Crippen molar-refractivity contribution in [2.24, 2.45) is 0 Å². The Morgan fingerprint density at radius 3 is 2.57 bits per heavy atom. The van der Waals surface area contributed by atoms with Crippen LogP contribution in [0.2, 0.25) is 0 Å². The molecule has 0 radical (unpaired) electrons. The van der Waals surface area contributed by atoms with Crippen molar-refractivity contribution in [1.29, 1.82) is 0 Å². The van der Waals surface area contributed by atoms with Gasteiger partial charge in [-0.15, -0.1) is 6.58 Å². The molecule has 0 amide bonds. The lowest BCUT2D eigenvalue weighted by Crippen LogP contribution is -2.38. The molecule has 3 heteroatoms. The average molecular weight is 195 g/mol. The molecule has 0 saturated carbocycles. The first-order valence-electron chi connectivity index (χ1n) is 4.83. The fourth-order valence-corrected chi connectivity index (χ4v) is 2.54. The Hall–Kier alpha value is -0.640. The molecular formula is C11H17NO2. The summed E-state index contributed by atoms with van der Waals surface area (Å²) in [6, 6.07) is 0.294. The first-order chi connectivity index (χ1) is 6.64. The van der Waals surface area contributed by atoms with Crippen LogP contribution in [0.3, 0.4) is 0 Å². The average Bonchev–Trinajstić information content (AvgIpc) is 2.67. The fourth-order valence-electron chi connectivity index (χ4n) is 2.54. The lowest BCUT2D eigenvalue weighted by Gasteiger charge is -2.26. The smallest absolute Gasteiger partial charge is 0.205 e. The van der Waals surface area contributed by atoms with Gasteiger partial charge in [0.25, 0.3) is 0 Å². The van der Waals surface area contributed by atoms with Gasteiger partial charge in [0.1, 0.15) is 0 Å². The molecule has 1 saturated heterocycles. The standard InChI is InChI=1S/C11H17NO2/c1-5-8-12-9-10(12,2)6-7-11(9,13-3)14-4/h5-7,9H,1,8H2,2-4H3. The second kappa shape index (κ2) is 2.92. The largest absolute Gasteiger partial charge is 0.348 e. The third kappa shape index (κ3) is 0.975. The predicted octanol–water partition coefficient (Wildman–Crippen LogP) is 1.17. The highest BCUT2D eigenvalue weighted by Gasteiger charge is 2.70. The molecule has 3 nitrogen and oxygen atoms in total. The van der Waals surface area contributed by atoms with Gasteiger partial charge in [0.05, 0.1) is 11.6 Å². The zero-order chi connectivity index (χ0) is 10.4. The summed E-state index contributed by atoms with van der Waals surface area (Å²) in [6.07, 6.45) is 6.08. The van der Waals surface area contributed by atoms with Crippen LogP contribution in [0.25, 0.3) is 0 Å². The lowest BCUT2D eigenvalue weighted by atomic mass is 10.1. The van der Waals surface area contributed by atoms with Crippen LogP contribution in [0.1, 0.15) is 6.92 Å². The highest BCUT2D eigenvalue weighted by atomic mass is 16.7. The minimum atomic E-state index is -0.558. The molecule has 3 unspecified atom stereocenters. The Balaban J connectivity index is 2.21. The molecule has 0 aromatic rings. The molecule has 2 aliphatic rings. The van der Waals surface area contributed by atoms with E-state index in [-0.39, 0.29) is 5.54 Å².